The molecular formula is C11H11ClN2O2. The molecule has 0 bridgehead atoms. The van der Waals surface area contributed by atoms with Gasteiger partial charge in [0, 0.05) is 18.0 Å². The molecule has 1 aromatic rings. The average Bonchev–Trinajstić information content (AvgIpc) is 2.25. The number of carboxylic acid groups (broad SMARTS) is 1. The Hall–Kier alpha value is -1.73. The molecule has 1 rings (SSSR count). The number of rotatable bonds is 5. The summed E-state index contributed by atoms with van der Waals surface area (Å²) in [6.45, 7) is 0.516. The number of aliphatic carboxylic acids is 1. The van der Waals surface area contributed by atoms with Crippen molar-refractivity contribution in [3.05, 3.63) is 28.8 Å². The lowest BCUT2D eigenvalue weighted by Crippen LogP contribution is -2.05. The van der Waals surface area contributed by atoms with Crippen LogP contribution in [0.5, 0.6) is 0 Å². The van der Waals surface area contributed by atoms with Gasteiger partial charge in [-0.25, -0.2) is 0 Å². The number of hydrogen-bond donors (Lipinski definition) is 2. The number of benzene rings is 1. The molecule has 4 nitrogen and oxygen atoms in total. The third-order valence-corrected chi connectivity index (χ3v) is 2.22. The average molecular weight is 239 g/mol. The Morgan fingerprint density at radius 2 is 2.31 bits per heavy atom. The second-order valence-corrected chi connectivity index (χ2v) is 3.66. The van der Waals surface area contributed by atoms with E-state index in [0.29, 0.717) is 29.2 Å². The Kier molecular flexibility index (Phi) is 4.62. The second-order valence-electron chi connectivity index (χ2n) is 3.23. The monoisotopic (exact) mass is 238 g/mol. The Balaban J connectivity index is 2.54. The van der Waals surface area contributed by atoms with Gasteiger partial charge in [0.1, 0.15) is 6.07 Å². The highest BCUT2D eigenvalue weighted by atomic mass is 35.5. The van der Waals surface area contributed by atoms with E-state index in [2.05, 4.69) is 5.32 Å². The number of hydrogen-bond acceptors (Lipinski definition) is 3. The van der Waals surface area contributed by atoms with Crippen LogP contribution in [0.3, 0.4) is 0 Å². The molecule has 0 heterocycles. The van der Waals surface area contributed by atoms with Crippen molar-refractivity contribution in [1.29, 1.82) is 5.26 Å². The maximum atomic E-state index is 10.3. The van der Waals surface area contributed by atoms with Gasteiger partial charge < -0.3 is 10.4 Å². The minimum atomic E-state index is -0.821. The summed E-state index contributed by atoms with van der Waals surface area (Å²) in [5.74, 6) is -0.821. The van der Waals surface area contributed by atoms with Gasteiger partial charge in [0.05, 0.1) is 11.3 Å². The van der Waals surface area contributed by atoms with E-state index in [1.807, 2.05) is 6.07 Å². The Labute approximate surface area is 98.5 Å². The zero-order valence-electron chi connectivity index (χ0n) is 8.53. The summed E-state index contributed by atoms with van der Waals surface area (Å²) in [4.78, 5) is 10.3. The standard InChI is InChI=1S/C11H11ClN2O2/c12-9-3-4-10(8(6-9)7-13)14-5-1-2-11(15)16/h3-4,6,14H,1-2,5H2,(H,15,16). The normalized spacial score (nSPS) is 9.50. The summed E-state index contributed by atoms with van der Waals surface area (Å²) in [5.41, 5.74) is 1.14. The smallest absolute Gasteiger partial charge is 0.303 e. The van der Waals surface area contributed by atoms with Crippen LogP contribution in [0.15, 0.2) is 18.2 Å². The summed E-state index contributed by atoms with van der Waals surface area (Å²) in [5, 5.41) is 20.8. The lowest BCUT2D eigenvalue weighted by molar-refractivity contribution is -0.137. The van der Waals surface area contributed by atoms with Crippen LogP contribution in [0.2, 0.25) is 5.02 Å². The van der Waals surface area contributed by atoms with Crippen molar-refractivity contribution in [3.8, 4) is 6.07 Å². The molecule has 0 spiro atoms. The first-order valence-corrected chi connectivity index (χ1v) is 5.16. The largest absolute Gasteiger partial charge is 0.481 e. The van der Waals surface area contributed by atoms with E-state index in [-0.39, 0.29) is 6.42 Å². The number of carbonyl (C=O) groups is 1. The molecule has 0 aliphatic heterocycles. The third kappa shape index (κ3) is 3.79. The van der Waals surface area contributed by atoms with Crippen molar-refractivity contribution in [2.24, 2.45) is 0 Å². The molecule has 0 amide bonds. The van der Waals surface area contributed by atoms with Crippen LogP contribution >= 0.6 is 11.6 Å². The summed E-state index contributed by atoms with van der Waals surface area (Å²) < 4.78 is 0. The summed E-state index contributed by atoms with van der Waals surface area (Å²) in [7, 11) is 0. The van der Waals surface area contributed by atoms with E-state index in [1.165, 1.54) is 0 Å². The lowest BCUT2D eigenvalue weighted by atomic mass is 10.2. The minimum Gasteiger partial charge on any atom is -0.481 e. The molecular weight excluding hydrogens is 228 g/mol. The van der Waals surface area contributed by atoms with E-state index in [0.717, 1.165) is 0 Å². The maximum absolute atomic E-state index is 10.3. The van der Waals surface area contributed by atoms with Gasteiger partial charge in [-0.1, -0.05) is 11.6 Å². The van der Waals surface area contributed by atoms with Crippen LogP contribution in [-0.4, -0.2) is 17.6 Å². The first kappa shape index (κ1) is 12.3. The number of nitrogens with zero attached hydrogens (tertiary/aromatic N) is 1. The molecule has 0 radical (unpaired) electrons. The van der Waals surface area contributed by atoms with E-state index in [1.54, 1.807) is 18.2 Å². The number of carboxylic acids is 1. The predicted octanol–water partition coefficient (Wildman–Crippen LogP) is 2.49. The summed E-state index contributed by atoms with van der Waals surface area (Å²) >= 11 is 5.74. The first-order valence-electron chi connectivity index (χ1n) is 4.79. The highest BCUT2D eigenvalue weighted by Gasteiger charge is 2.02. The SMILES string of the molecule is N#Cc1cc(Cl)ccc1NCCCC(=O)O. The fraction of sp³-hybridized carbons (Fsp3) is 0.273. The van der Waals surface area contributed by atoms with Gasteiger partial charge in [-0.3, -0.25) is 4.79 Å². The van der Waals surface area contributed by atoms with Gasteiger partial charge in [-0.2, -0.15) is 5.26 Å². The second kappa shape index (κ2) is 5.99. The topological polar surface area (TPSA) is 73.1 Å². The zero-order valence-corrected chi connectivity index (χ0v) is 9.29. The van der Waals surface area contributed by atoms with Crippen LogP contribution in [-0.2, 0) is 4.79 Å². The highest BCUT2D eigenvalue weighted by molar-refractivity contribution is 6.30. The van der Waals surface area contributed by atoms with E-state index < -0.39 is 5.97 Å². The van der Waals surface area contributed by atoms with E-state index in [9.17, 15) is 4.79 Å². The minimum absolute atomic E-state index is 0.114. The number of halogens is 1. The molecule has 0 saturated heterocycles. The molecule has 16 heavy (non-hydrogen) atoms. The molecule has 0 unspecified atom stereocenters. The van der Waals surface area contributed by atoms with Gasteiger partial charge in [-0.15, -0.1) is 0 Å². The van der Waals surface area contributed by atoms with Gasteiger partial charge in [0.2, 0.25) is 0 Å². The molecule has 0 aliphatic carbocycles. The zero-order chi connectivity index (χ0) is 12.0. The van der Waals surface area contributed by atoms with E-state index >= 15 is 0 Å². The molecule has 1 aromatic carbocycles. The van der Waals surface area contributed by atoms with Crippen molar-refractivity contribution in [2.45, 2.75) is 12.8 Å². The lowest BCUT2D eigenvalue weighted by Gasteiger charge is -2.07. The van der Waals surface area contributed by atoms with Crippen molar-refractivity contribution in [2.75, 3.05) is 11.9 Å². The summed E-state index contributed by atoms with van der Waals surface area (Å²) in [6.07, 6.45) is 0.630. The number of anilines is 1. The molecule has 2 N–H and O–H groups in total. The molecule has 0 atom stereocenters. The molecule has 0 fully saturated rings. The molecule has 0 aliphatic rings. The first-order chi connectivity index (χ1) is 7.63. The maximum Gasteiger partial charge on any atom is 0.303 e. The number of nitriles is 1. The Bertz CT molecular complexity index is 426. The van der Waals surface area contributed by atoms with E-state index in [4.69, 9.17) is 22.0 Å². The number of nitrogens with one attached hydrogen (secondary N) is 1. The Morgan fingerprint density at radius 3 is 2.94 bits per heavy atom. The molecule has 84 valence electrons. The quantitative estimate of drug-likeness (QED) is 0.773. The third-order valence-electron chi connectivity index (χ3n) is 1.98. The van der Waals surface area contributed by atoms with Gasteiger partial charge in [0.25, 0.3) is 0 Å². The Morgan fingerprint density at radius 1 is 1.56 bits per heavy atom. The van der Waals surface area contributed by atoms with Crippen molar-refractivity contribution >= 4 is 23.3 Å². The molecule has 0 saturated carbocycles. The fourth-order valence-corrected chi connectivity index (χ4v) is 1.40. The van der Waals surface area contributed by atoms with Crippen LogP contribution in [0.1, 0.15) is 18.4 Å². The van der Waals surface area contributed by atoms with Gasteiger partial charge in [0.15, 0.2) is 0 Å². The van der Waals surface area contributed by atoms with Crippen molar-refractivity contribution in [1.82, 2.24) is 0 Å². The van der Waals surface area contributed by atoms with Crippen LogP contribution in [0.25, 0.3) is 0 Å². The van der Waals surface area contributed by atoms with Crippen LogP contribution in [0, 0.1) is 11.3 Å². The molecule has 0 aromatic heterocycles. The van der Waals surface area contributed by atoms with Gasteiger partial charge in [-0.05, 0) is 24.6 Å². The van der Waals surface area contributed by atoms with Gasteiger partial charge >= 0.3 is 5.97 Å². The van der Waals surface area contributed by atoms with Crippen molar-refractivity contribution < 1.29 is 9.90 Å². The summed E-state index contributed by atoms with van der Waals surface area (Å²) in [6, 6.07) is 6.99. The highest BCUT2D eigenvalue weighted by Crippen LogP contribution is 2.19. The van der Waals surface area contributed by atoms with Crippen LogP contribution < -0.4 is 5.32 Å². The van der Waals surface area contributed by atoms with Crippen molar-refractivity contribution in [3.63, 3.8) is 0 Å². The predicted molar refractivity (Wildman–Crippen MR) is 61.5 cm³/mol. The fourth-order valence-electron chi connectivity index (χ4n) is 1.23. The molecule has 5 heteroatoms. The van der Waals surface area contributed by atoms with Crippen LogP contribution in [0.4, 0.5) is 5.69 Å².